The molecule has 1 aliphatic heterocycles. The fraction of sp³-hybridized carbons (Fsp3) is 0.579. The molecule has 2 aromatic rings. The third kappa shape index (κ3) is 4.80. The topological polar surface area (TPSA) is 84.7 Å². The largest absolute Gasteiger partial charge is 0.368 e. The number of carbonyl (C=O) groups is 1. The highest BCUT2D eigenvalue weighted by atomic mass is 16.1. The Morgan fingerprint density at radius 1 is 1.35 bits per heavy atom. The molecule has 1 unspecified atom stereocenters. The fourth-order valence-corrected chi connectivity index (χ4v) is 3.28. The Balaban J connectivity index is 1.43. The number of anilines is 1. The smallest absolute Gasteiger partial charge is 0.223 e. The van der Waals surface area contributed by atoms with Gasteiger partial charge >= 0.3 is 0 Å². The van der Waals surface area contributed by atoms with E-state index < -0.39 is 0 Å². The van der Waals surface area contributed by atoms with Crippen LogP contribution in [0.15, 0.2) is 18.3 Å². The van der Waals surface area contributed by atoms with Gasteiger partial charge in [0.1, 0.15) is 11.6 Å². The summed E-state index contributed by atoms with van der Waals surface area (Å²) in [7, 11) is 0. The minimum absolute atomic E-state index is 0.0427. The van der Waals surface area contributed by atoms with Crippen LogP contribution in [0.4, 0.5) is 5.82 Å². The maximum absolute atomic E-state index is 12.4. The monoisotopic (exact) mass is 356 g/mol. The summed E-state index contributed by atoms with van der Waals surface area (Å²) in [5.41, 5.74) is 2.11. The summed E-state index contributed by atoms with van der Waals surface area (Å²) in [5.74, 6) is 1.89. The number of aromatic nitrogens is 4. The second kappa shape index (κ2) is 8.78. The van der Waals surface area contributed by atoms with Crippen LogP contribution in [0, 0.1) is 12.8 Å². The number of hydrogen-bond acceptors (Lipinski definition) is 5. The summed E-state index contributed by atoms with van der Waals surface area (Å²) in [6.45, 7) is 6.21. The predicted octanol–water partition coefficient (Wildman–Crippen LogP) is 2.11. The second-order valence-electron chi connectivity index (χ2n) is 6.87. The molecule has 7 heteroatoms. The summed E-state index contributed by atoms with van der Waals surface area (Å²) < 4.78 is 1.99. The first-order valence-electron chi connectivity index (χ1n) is 9.52. The lowest BCUT2D eigenvalue weighted by molar-refractivity contribution is -0.125. The van der Waals surface area contributed by atoms with Crippen molar-refractivity contribution in [2.45, 2.75) is 52.5 Å². The molecule has 0 fully saturated rings. The van der Waals surface area contributed by atoms with Gasteiger partial charge in [0.05, 0.1) is 0 Å². The molecule has 3 rings (SSSR count). The molecule has 2 aromatic heterocycles. The average Bonchev–Trinajstić information content (AvgIpc) is 3.10. The lowest BCUT2D eigenvalue weighted by atomic mass is 9.95. The Morgan fingerprint density at radius 3 is 3.08 bits per heavy atom. The molecular weight excluding hydrogens is 328 g/mol. The molecule has 0 saturated heterocycles. The molecule has 1 aliphatic rings. The van der Waals surface area contributed by atoms with Gasteiger partial charge in [-0.25, -0.2) is 9.97 Å². The number of carbonyl (C=O) groups excluding carboxylic acids is 1. The summed E-state index contributed by atoms with van der Waals surface area (Å²) >= 11 is 0. The number of hydrogen-bond donors (Lipinski definition) is 2. The van der Waals surface area contributed by atoms with Crippen LogP contribution in [-0.2, 0) is 24.2 Å². The number of amides is 1. The number of rotatable bonds is 8. The summed E-state index contributed by atoms with van der Waals surface area (Å²) in [6.07, 6.45) is 6.55. The molecular formula is C19H28N6O. The molecule has 0 aliphatic carbocycles. The first kappa shape index (κ1) is 18.4. The van der Waals surface area contributed by atoms with Crippen LogP contribution in [0.2, 0.25) is 0 Å². The molecule has 3 heterocycles. The molecule has 2 N–H and O–H groups in total. The zero-order valence-corrected chi connectivity index (χ0v) is 15.7. The first-order chi connectivity index (χ1) is 12.7. The van der Waals surface area contributed by atoms with E-state index in [1.54, 1.807) is 6.20 Å². The van der Waals surface area contributed by atoms with Crippen molar-refractivity contribution in [3.63, 3.8) is 0 Å². The third-order valence-corrected chi connectivity index (χ3v) is 4.71. The minimum atomic E-state index is 0.0427. The number of aryl methyl sites for hydroxylation is 3. The number of nitrogens with zero attached hydrogens (tertiary/aromatic N) is 4. The number of unbranched alkanes of at least 4 members (excludes halogenated alkanes) is 1. The van der Waals surface area contributed by atoms with Gasteiger partial charge in [0.2, 0.25) is 5.91 Å². The van der Waals surface area contributed by atoms with Gasteiger partial charge in [-0.3, -0.25) is 9.48 Å². The highest BCUT2D eigenvalue weighted by molar-refractivity contribution is 5.79. The maximum Gasteiger partial charge on any atom is 0.223 e. The third-order valence-electron chi connectivity index (χ3n) is 4.71. The summed E-state index contributed by atoms with van der Waals surface area (Å²) in [5, 5.41) is 10.6. The molecule has 0 spiro atoms. The van der Waals surface area contributed by atoms with Gasteiger partial charge < -0.3 is 10.6 Å². The van der Waals surface area contributed by atoms with Crippen molar-refractivity contribution >= 4 is 11.7 Å². The standard InChI is InChI=1S/C19H28N6O/c1-3-4-5-17-23-14(2)12-18(24-17)20-9-10-21-19(26)15-7-11-25-16(13-15)6-8-22-25/h6,8,12,15H,3-5,7,9-11,13H2,1-2H3,(H,21,26)(H,20,23,24). The fourth-order valence-electron chi connectivity index (χ4n) is 3.28. The van der Waals surface area contributed by atoms with Crippen LogP contribution in [0.25, 0.3) is 0 Å². The Bertz CT molecular complexity index is 741. The molecule has 1 amide bonds. The van der Waals surface area contributed by atoms with Gasteiger partial charge in [0.25, 0.3) is 0 Å². The van der Waals surface area contributed by atoms with Crippen molar-refractivity contribution < 1.29 is 4.79 Å². The molecule has 0 bridgehead atoms. The molecule has 7 nitrogen and oxygen atoms in total. The van der Waals surface area contributed by atoms with E-state index in [0.717, 1.165) is 61.7 Å². The summed E-state index contributed by atoms with van der Waals surface area (Å²) in [4.78, 5) is 21.4. The zero-order chi connectivity index (χ0) is 18.4. The zero-order valence-electron chi connectivity index (χ0n) is 15.7. The van der Waals surface area contributed by atoms with E-state index in [1.165, 1.54) is 0 Å². The number of nitrogens with one attached hydrogen (secondary N) is 2. The van der Waals surface area contributed by atoms with Gasteiger partial charge in [0.15, 0.2) is 0 Å². The van der Waals surface area contributed by atoms with Crippen LogP contribution < -0.4 is 10.6 Å². The van der Waals surface area contributed by atoms with Gasteiger partial charge in [-0.15, -0.1) is 0 Å². The van der Waals surface area contributed by atoms with Crippen molar-refractivity contribution in [1.82, 2.24) is 25.1 Å². The van der Waals surface area contributed by atoms with Crippen LogP contribution >= 0.6 is 0 Å². The highest BCUT2D eigenvalue weighted by Crippen LogP contribution is 2.19. The molecule has 26 heavy (non-hydrogen) atoms. The Morgan fingerprint density at radius 2 is 2.23 bits per heavy atom. The molecule has 0 radical (unpaired) electrons. The normalized spacial score (nSPS) is 16.2. The van der Waals surface area contributed by atoms with E-state index >= 15 is 0 Å². The van der Waals surface area contributed by atoms with Gasteiger partial charge in [-0.05, 0) is 25.8 Å². The van der Waals surface area contributed by atoms with Crippen LogP contribution in [-0.4, -0.2) is 38.7 Å². The molecule has 1 atom stereocenters. The van der Waals surface area contributed by atoms with Gasteiger partial charge in [0, 0.05) is 62.0 Å². The lowest BCUT2D eigenvalue weighted by Crippen LogP contribution is -2.37. The average molecular weight is 356 g/mol. The van der Waals surface area contributed by atoms with Crippen molar-refractivity contribution in [1.29, 1.82) is 0 Å². The van der Waals surface area contributed by atoms with E-state index in [9.17, 15) is 4.79 Å². The summed E-state index contributed by atoms with van der Waals surface area (Å²) in [6, 6.07) is 3.94. The van der Waals surface area contributed by atoms with Gasteiger partial charge in [-0.2, -0.15) is 5.10 Å². The van der Waals surface area contributed by atoms with Crippen molar-refractivity contribution in [2.24, 2.45) is 5.92 Å². The van der Waals surface area contributed by atoms with E-state index in [1.807, 2.05) is 23.7 Å². The quantitative estimate of drug-likeness (QED) is 0.708. The highest BCUT2D eigenvalue weighted by Gasteiger charge is 2.24. The lowest BCUT2D eigenvalue weighted by Gasteiger charge is -2.22. The minimum Gasteiger partial charge on any atom is -0.368 e. The van der Waals surface area contributed by atoms with Crippen molar-refractivity contribution in [3.8, 4) is 0 Å². The van der Waals surface area contributed by atoms with E-state index in [2.05, 4.69) is 32.6 Å². The van der Waals surface area contributed by atoms with Crippen molar-refractivity contribution in [3.05, 3.63) is 35.5 Å². The van der Waals surface area contributed by atoms with Crippen LogP contribution in [0.3, 0.4) is 0 Å². The van der Waals surface area contributed by atoms with Crippen molar-refractivity contribution in [2.75, 3.05) is 18.4 Å². The van der Waals surface area contributed by atoms with E-state index in [4.69, 9.17) is 0 Å². The molecule has 0 saturated carbocycles. The Labute approximate surface area is 154 Å². The molecule has 140 valence electrons. The SMILES string of the molecule is CCCCc1nc(C)cc(NCCNC(=O)C2CCn3nccc3C2)n1. The van der Waals surface area contributed by atoms with Crippen LogP contribution in [0.5, 0.6) is 0 Å². The Kier molecular flexibility index (Phi) is 6.20. The second-order valence-corrected chi connectivity index (χ2v) is 6.87. The Hall–Kier alpha value is -2.44. The first-order valence-corrected chi connectivity index (χ1v) is 9.52. The van der Waals surface area contributed by atoms with E-state index in [-0.39, 0.29) is 11.8 Å². The van der Waals surface area contributed by atoms with Crippen LogP contribution in [0.1, 0.15) is 43.4 Å². The predicted molar refractivity (Wildman–Crippen MR) is 101 cm³/mol. The maximum atomic E-state index is 12.4. The van der Waals surface area contributed by atoms with E-state index in [0.29, 0.717) is 13.1 Å². The number of fused-ring (bicyclic) bond motifs is 1. The molecule has 0 aromatic carbocycles. The van der Waals surface area contributed by atoms with Gasteiger partial charge in [-0.1, -0.05) is 13.3 Å².